The number of nitrogens with zero attached hydrogens (tertiary/aromatic N) is 5. The van der Waals surface area contributed by atoms with Crippen molar-refractivity contribution < 1.29 is 54.5 Å². The van der Waals surface area contributed by atoms with Crippen molar-refractivity contribution in [1.82, 2.24) is 25.1 Å². The second kappa shape index (κ2) is 8.37. The second-order valence-electron chi connectivity index (χ2n) is 5.24. The van der Waals surface area contributed by atoms with Crippen LogP contribution in [0.3, 0.4) is 0 Å². The van der Waals surface area contributed by atoms with E-state index in [-0.39, 0.29) is 54.2 Å². The molecule has 0 saturated carbocycles. The van der Waals surface area contributed by atoms with E-state index in [4.69, 9.17) is 5.11 Å². The van der Waals surface area contributed by atoms with Gasteiger partial charge >= 0.3 is 29.6 Å². The maximum atomic E-state index is 12.1. The van der Waals surface area contributed by atoms with E-state index in [9.17, 15) is 19.8 Å². The zero-order valence-corrected chi connectivity index (χ0v) is 17.2. The minimum atomic E-state index is -1.42. The number of aliphatic hydroxyl groups is 2. The Morgan fingerprint density at radius 3 is 2.84 bits per heavy atom. The predicted molar refractivity (Wildman–Crippen MR) is 81.1 cm³/mol. The molecule has 1 unspecified atom stereocenters. The number of aromatic nitrogens is 4. The zero-order valence-electron chi connectivity index (χ0n) is 13.5. The van der Waals surface area contributed by atoms with Crippen molar-refractivity contribution in [2.75, 3.05) is 12.4 Å². The topological polar surface area (TPSA) is 144 Å². The summed E-state index contributed by atoms with van der Waals surface area (Å²) >= 11 is 2.43. The Morgan fingerprint density at radius 1 is 1.52 bits per heavy atom. The van der Waals surface area contributed by atoms with Gasteiger partial charge in [0.1, 0.15) is 5.37 Å². The summed E-state index contributed by atoms with van der Waals surface area (Å²) < 4.78 is 1.40. The minimum Gasteiger partial charge on any atom is -0.543 e. The maximum absolute atomic E-state index is 12.1. The van der Waals surface area contributed by atoms with Crippen LogP contribution in [0.2, 0.25) is 0 Å². The van der Waals surface area contributed by atoms with E-state index in [1.807, 2.05) is 0 Å². The Labute approximate surface area is 173 Å². The van der Waals surface area contributed by atoms with Gasteiger partial charge in [-0.3, -0.25) is 9.69 Å². The van der Waals surface area contributed by atoms with Crippen molar-refractivity contribution in [1.29, 1.82) is 0 Å². The Balaban J connectivity index is 0.00000225. The average Bonchev–Trinajstić information content (AvgIpc) is 3.07. The third kappa shape index (κ3) is 3.75. The van der Waals surface area contributed by atoms with Crippen molar-refractivity contribution in [3.8, 4) is 0 Å². The van der Waals surface area contributed by atoms with E-state index in [0.717, 1.165) is 0 Å². The fourth-order valence-corrected chi connectivity index (χ4v) is 5.22. The number of fused-ring (bicyclic) bond motifs is 1. The molecule has 1 amide bonds. The molecule has 25 heavy (non-hydrogen) atoms. The molecule has 0 radical (unpaired) electrons. The molecule has 3 rings (SSSR count). The molecule has 2 aliphatic rings. The number of β-lactam (4-membered cyclic amide) rings is 1. The molecular formula is C12H14N5NaO5S2. The Morgan fingerprint density at radius 2 is 2.24 bits per heavy atom. The quantitative estimate of drug-likeness (QED) is 0.261. The fraction of sp³-hybridized carbons (Fsp3) is 0.583. The largest absolute Gasteiger partial charge is 1.00 e. The number of rotatable bonds is 7. The fourth-order valence-electron chi connectivity index (χ4n) is 2.61. The molecule has 0 spiro atoms. The number of hydrogen-bond acceptors (Lipinski definition) is 10. The standard InChI is InChI=1S/C12H15N5O5S2.Na/c1-5(19)7-9(20)17-8(11(21)22)6(24-10(7)17)4-23-12-13-14-15-16(12)2-3-18;/h5,7,10,18-19H,2-4H2,1H3,(H,21,22);/q;+1/p-1/t5?,7-,10-;/m1./s1. The van der Waals surface area contributed by atoms with Crippen LogP contribution in [0, 0.1) is 5.92 Å². The minimum absolute atomic E-state index is 0. The van der Waals surface area contributed by atoms with Gasteiger partial charge in [0.2, 0.25) is 11.1 Å². The van der Waals surface area contributed by atoms with Crippen molar-refractivity contribution in [3.05, 3.63) is 10.6 Å². The van der Waals surface area contributed by atoms with E-state index in [1.165, 1.54) is 40.0 Å². The first-order valence-electron chi connectivity index (χ1n) is 7.07. The smallest absolute Gasteiger partial charge is 0.543 e. The number of carbonyl (C=O) groups is 2. The van der Waals surface area contributed by atoms with Crippen LogP contribution in [0.4, 0.5) is 0 Å². The van der Waals surface area contributed by atoms with E-state index in [1.54, 1.807) is 0 Å². The second-order valence-corrected chi connectivity index (χ2v) is 7.39. The van der Waals surface area contributed by atoms with Crippen LogP contribution in [0.5, 0.6) is 0 Å². The number of carboxylic acid groups (broad SMARTS) is 1. The van der Waals surface area contributed by atoms with E-state index in [0.29, 0.717) is 10.1 Å². The van der Waals surface area contributed by atoms with Crippen molar-refractivity contribution in [2.45, 2.75) is 30.1 Å². The molecule has 1 aromatic rings. The van der Waals surface area contributed by atoms with Crippen LogP contribution in [-0.4, -0.2) is 71.0 Å². The molecule has 0 aliphatic carbocycles. The number of tetrazole rings is 1. The maximum Gasteiger partial charge on any atom is 1.00 e. The van der Waals surface area contributed by atoms with Gasteiger partial charge in [0.15, 0.2) is 0 Å². The number of aliphatic carboxylic acids is 1. The van der Waals surface area contributed by atoms with Gasteiger partial charge in [0.05, 0.1) is 36.8 Å². The molecule has 0 bridgehead atoms. The summed E-state index contributed by atoms with van der Waals surface area (Å²) in [4.78, 5) is 25.1. The molecule has 1 aromatic heterocycles. The molecule has 3 heterocycles. The first kappa shape index (κ1) is 20.7. The summed E-state index contributed by atoms with van der Waals surface area (Å²) in [5, 5.41) is 41.1. The molecule has 2 N–H and O–H groups in total. The number of carboxylic acids is 1. The monoisotopic (exact) mass is 395 g/mol. The van der Waals surface area contributed by atoms with Gasteiger partial charge in [-0.2, -0.15) is 0 Å². The van der Waals surface area contributed by atoms with Crippen LogP contribution in [0.1, 0.15) is 6.92 Å². The average molecular weight is 395 g/mol. The molecule has 1 fully saturated rings. The molecule has 130 valence electrons. The summed E-state index contributed by atoms with van der Waals surface area (Å²) in [6.45, 7) is 1.61. The van der Waals surface area contributed by atoms with Crippen molar-refractivity contribution >= 4 is 35.4 Å². The summed E-state index contributed by atoms with van der Waals surface area (Å²) in [5.74, 6) is -2.21. The van der Waals surface area contributed by atoms with Crippen LogP contribution in [0.15, 0.2) is 15.8 Å². The molecule has 1 saturated heterocycles. The van der Waals surface area contributed by atoms with Crippen LogP contribution in [-0.2, 0) is 16.1 Å². The molecule has 3 atom stereocenters. The van der Waals surface area contributed by atoms with Crippen molar-refractivity contribution in [2.24, 2.45) is 5.92 Å². The summed E-state index contributed by atoms with van der Waals surface area (Å²) in [6, 6.07) is 0. The van der Waals surface area contributed by atoms with Crippen LogP contribution >= 0.6 is 23.5 Å². The van der Waals surface area contributed by atoms with Gasteiger partial charge in [-0.25, -0.2) is 4.68 Å². The first-order chi connectivity index (χ1) is 11.5. The SMILES string of the molecule is CC(O)[C@@H]1C(=O)N2C(C(=O)[O-])=C(CSc3nnnn3CCO)S[C@H]12.[Na+]. The Hall–Kier alpha value is -0.630. The number of hydrogen-bond donors (Lipinski definition) is 2. The number of aliphatic hydroxyl groups excluding tert-OH is 2. The molecule has 2 aliphatic heterocycles. The summed E-state index contributed by atoms with van der Waals surface area (Å²) in [6.07, 6.45) is -0.849. The normalized spacial score (nSPS) is 23.2. The van der Waals surface area contributed by atoms with Gasteiger partial charge in [-0.05, 0) is 17.4 Å². The summed E-state index contributed by atoms with van der Waals surface area (Å²) in [7, 11) is 0. The van der Waals surface area contributed by atoms with E-state index in [2.05, 4.69) is 15.5 Å². The third-order valence-electron chi connectivity index (χ3n) is 3.71. The van der Waals surface area contributed by atoms with Crippen LogP contribution in [0.25, 0.3) is 0 Å². The Bertz CT molecular complexity index is 712. The molecule has 0 aromatic carbocycles. The van der Waals surface area contributed by atoms with Gasteiger partial charge < -0.3 is 20.1 Å². The Kier molecular flexibility index (Phi) is 6.93. The predicted octanol–water partition coefficient (Wildman–Crippen LogP) is -5.36. The van der Waals surface area contributed by atoms with E-state index >= 15 is 0 Å². The summed E-state index contributed by atoms with van der Waals surface area (Å²) in [5.41, 5.74) is -0.152. The van der Waals surface area contributed by atoms with Crippen molar-refractivity contribution in [3.63, 3.8) is 0 Å². The molecular weight excluding hydrogens is 381 g/mol. The number of amides is 1. The molecule has 13 heteroatoms. The first-order valence-corrected chi connectivity index (χ1v) is 8.94. The number of thioether (sulfide) groups is 2. The number of carbonyl (C=O) groups excluding carboxylic acids is 2. The van der Waals surface area contributed by atoms with Gasteiger partial charge in [-0.1, -0.05) is 11.8 Å². The van der Waals surface area contributed by atoms with E-state index < -0.39 is 29.3 Å². The van der Waals surface area contributed by atoms with Gasteiger partial charge in [0.25, 0.3) is 0 Å². The van der Waals surface area contributed by atoms with Gasteiger partial charge in [-0.15, -0.1) is 16.9 Å². The molecule has 10 nitrogen and oxygen atoms in total. The van der Waals surface area contributed by atoms with Crippen LogP contribution < -0.4 is 34.7 Å². The zero-order chi connectivity index (χ0) is 17.4. The third-order valence-corrected chi connectivity index (χ3v) is 6.24. The van der Waals surface area contributed by atoms with Gasteiger partial charge in [0, 0.05) is 10.7 Å².